The SMILES string of the molecule is CCNC(=NCC(C)N(CC)CC)NC(C)c1nc(C)c(C(=O)OCC)s1. The number of likely N-dealkylation sites (N-methyl/N-ethyl adjacent to an activating group) is 1. The number of hydrogen-bond donors (Lipinski definition) is 2. The standard InChI is InChI=1S/C19H35N5O2S/c1-8-20-19(21-12-13(5)24(9-2)10-3)23-15(7)17-22-14(6)16(27-17)18(25)26-11-4/h13,15H,8-12H2,1-7H3,(H2,20,21,23). The van der Waals surface area contributed by atoms with Gasteiger partial charge >= 0.3 is 5.97 Å². The Hall–Kier alpha value is -1.67. The van der Waals surface area contributed by atoms with Crippen molar-refractivity contribution >= 4 is 23.3 Å². The number of nitrogens with zero attached hydrogens (tertiary/aromatic N) is 3. The largest absolute Gasteiger partial charge is 0.462 e. The number of hydrogen-bond acceptors (Lipinski definition) is 6. The van der Waals surface area contributed by atoms with Gasteiger partial charge in [0, 0.05) is 12.6 Å². The monoisotopic (exact) mass is 397 g/mol. The third kappa shape index (κ3) is 7.10. The molecule has 8 heteroatoms. The number of thiazole rings is 1. The number of esters is 1. The molecule has 27 heavy (non-hydrogen) atoms. The predicted octanol–water partition coefficient (Wildman–Crippen LogP) is 2.97. The van der Waals surface area contributed by atoms with E-state index < -0.39 is 0 Å². The molecular weight excluding hydrogens is 362 g/mol. The van der Waals surface area contributed by atoms with Crippen molar-refractivity contribution in [2.24, 2.45) is 4.99 Å². The van der Waals surface area contributed by atoms with Crippen LogP contribution < -0.4 is 10.6 Å². The topological polar surface area (TPSA) is 78.9 Å². The molecule has 0 aliphatic rings. The van der Waals surface area contributed by atoms with Crippen LogP contribution in [0.25, 0.3) is 0 Å². The summed E-state index contributed by atoms with van der Waals surface area (Å²) in [5.41, 5.74) is 0.708. The van der Waals surface area contributed by atoms with Gasteiger partial charge in [-0.05, 0) is 47.7 Å². The summed E-state index contributed by atoms with van der Waals surface area (Å²) in [5.74, 6) is 0.453. The highest BCUT2D eigenvalue weighted by Crippen LogP contribution is 2.24. The second-order valence-corrected chi connectivity index (χ2v) is 7.37. The minimum Gasteiger partial charge on any atom is -0.462 e. The van der Waals surface area contributed by atoms with Gasteiger partial charge in [0.05, 0.1) is 24.9 Å². The van der Waals surface area contributed by atoms with Crippen LogP contribution in [0.15, 0.2) is 4.99 Å². The number of ether oxygens (including phenoxy) is 1. The van der Waals surface area contributed by atoms with Gasteiger partial charge in [-0.25, -0.2) is 9.78 Å². The quantitative estimate of drug-likeness (QED) is 0.359. The summed E-state index contributed by atoms with van der Waals surface area (Å²) in [6.45, 7) is 18.1. The van der Waals surface area contributed by atoms with Crippen LogP contribution in [-0.2, 0) is 4.74 Å². The minimum atomic E-state index is -0.306. The van der Waals surface area contributed by atoms with E-state index in [1.165, 1.54) is 11.3 Å². The Bertz CT molecular complexity index is 613. The van der Waals surface area contributed by atoms with Gasteiger partial charge < -0.3 is 15.4 Å². The fraction of sp³-hybridized carbons (Fsp3) is 0.737. The van der Waals surface area contributed by atoms with E-state index in [2.05, 4.69) is 41.3 Å². The van der Waals surface area contributed by atoms with Crippen molar-refractivity contribution < 1.29 is 9.53 Å². The normalized spacial score (nSPS) is 14.1. The summed E-state index contributed by atoms with van der Waals surface area (Å²) >= 11 is 1.37. The van der Waals surface area contributed by atoms with E-state index in [0.29, 0.717) is 29.8 Å². The lowest BCUT2D eigenvalue weighted by molar-refractivity contribution is 0.0531. The molecule has 0 aliphatic carbocycles. The van der Waals surface area contributed by atoms with Crippen LogP contribution in [0.3, 0.4) is 0 Å². The Morgan fingerprint density at radius 1 is 1.26 bits per heavy atom. The molecule has 0 aromatic carbocycles. The van der Waals surface area contributed by atoms with Crippen molar-refractivity contribution in [3.8, 4) is 0 Å². The number of aromatic nitrogens is 1. The molecule has 1 aromatic heterocycles. The van der Waals surface area contributed by atoms with E-state index in [1.54, 1.807) is 6.92 Å². The molecule has 0 radical (unpaired) electrons. The molecule has 0 bridgehead atoms. The highest BCUT2D eigenvalue weighted by atomic mass is 32.1. The summed E-state index contributed by atoms with van der Waals surface area (Å²) in [7, 11) is 0. The Labute approximate surface area is 167 Å². The number of carbonyl (C=O) groups excluding carboxylic acids is 1. The fourth-order valence-electron chi connectivity index (χ4n) is 2.76. The lowest BCUT2D eigenvalue weighted by Crippen LogP contribution is -2.41. The summed E-state index contributed by atoms with van der Waals surface area (Å²) in [6.07, 6.45) is 0. The molecule has 0 fully saturated rings. The predicted molar refractivity (Wildman–Crippen MR) is 113 cm³/mol. The first-order valence-corrected chi connectivity index (χ1v) is 10.6. The molecule has 2 unspecified atom stereocenters. The van der Waals surface area contributed by atoms with Crippen molar-refractivity contribution in [1.29, 1.82) is 0 Å². The first-order valence-electron chi connectivity index (χ1n) is 9.81. The fourth-order valence-corrected chi connectivity index (χ4v) is 3.72. The average molecular weight is 398 g/mol. The van der Waals surface area contributed by atoms with Crippen molar-refractivity contribution in [2.45, 2.75) is 60.5 Å². The highest BCUT2D eigenvalue weighted by molar-refractivity contribution is 7.13. The summed E-state index contributed by atoms with van der Waals surface area (Å²) in [5, 5.41) is 7.52. The van der Waals surface area contributed by atoms with Crippen LogP contribution in [0.4, 0.5) is 0 Å². The molecule has 0 saturated heterocycles. The Balaban J connectivity index is 2.83. The number of aryl methyl sites for hydroxylation is 1. The maximum absolute atomic E-state index is 12.0. The number of aliphatic imine (C=N–C) groups is 1. The van der Waals surface area contributed by atoms with Gasteiger partial charge in [-0.15, -0.1) is 11.3 Å². The third-order valence-electron chi connectivity index (χ3n) is 4.29. The van der Waals surface area contributed by atoms with Crippen molar-refractivity contribution in [2.75, 3.05) is 32.8 Å². The number of guanidine groups is 1. The average Bonchev–Trinajstić information content (AvgIpc) is 3.03. The zero-order valence-corrected chi connectivity index (χ0v) is 18.6. The third-order valence-corrected chi connectivity index (χ3v) is 5.61. The van der Waals surface area contributed by atoms with E-state index in [4.69, 9.17) is 9.73 Å². The highest BCUT2D eigenvalue weighted by Gasteiger charge is 2.20. The van der Waals surface area contributed by atoms with Crippen LogP contribution in [0.5, 0.6) is 0 Å². The zero-order chi connectivity index (χ0) is 20.4. The molecule has 0 aliphatic heterocycles. The van der Waals surface area contributed by atoms with Crippen molar-refractivity contribution in [3.05, 3.63) is 15.6 Å². The Morgan fingerprint density at radius 3 is 2.48 bits per heavy atom. The molecule has 2 atom stereocenters. The van der Waals surface area contributed by atoms with Crippen molar-refractivity contribution in [3.63, 3.8) is 0 Å². The van der Waals surface area contributed by atoms with Gasteiger partial charge in [-0.3, -0.25) is 9.89 Å². The smallest absolute Gasteiger partial charge is 0.350 e. The molecule has 1 rings (SSSR count). The molecule has 154 valence electrons. The summed E-state index contributed by atoms with van der Waals surface area (Å²) in [6, 6.07) is 0.321. The molecule has 0 saturated carbocycles. The maximum Gasteiger partial charge on any atom is 0.350 e. The molecule has 1 heterocycles. The van der Waals surface area contributed by atoms with Gasteiger partial charge in [0.15, 0.2) is 5.96 Å². The van der Waals surface area contributed by atoms with Crippen LogP contribution in [0.2, 0.25) is 0 Å². The number of rotatable bonds is 10. The maximum atomic E-state index is 12.0. The molecule has 7 nitrogen and oxygen atoms in total. The number of carbonyl (C=O) groups is 1. The molecular formula is C19H35N5O2S. The Kier molecular flexibility index (Phi) is 10.3. The van der Waals surface area contributed by atoms with Crippen LogP contribution in [0.1, 0.15) is 68.0 Å². The van der Waals surface area contributed by atoms with E-state index in [0.717, 1.165) is 30.6 Å². The van der Waals surface area contributed by atoms with Gasteiger partial charge in [0.1, 0.15) is 9.88 Å². The van der Waals surface area contributed by atoms with Gasteiger partial charge in [-0.2, -0.15) is 0 Å². The second-order valence-electron chi connectivity index (χ2n) is 6.34. The second kappa shape index (κ2) is 11.9. The zero-order valence-electron chi connectivity index (χ0n) is 17.8. The first kappa shape index (κ1) is 23.4. The van der Waals surface area contributed by atoms with E-state index in [9.17, 15) is 4.79 Å². The van der Waals surface area contributed by atoms with Crippen LogP contribution >= 0.6 is 11.3 Å². The van der Waals surface area contributed by atoms with E-state index >= 15 is 0 Å². The minimum absolute atomic E-state index is 0.0570. The van der Waals surface area contributed by atoms with Crippen molar-refractivity contribution in [1.82, 2.24) is 20.5 Å². The van der Waals surface area contributed by atoms with Gasteiger partial charge in [-0.1, -0.05) is 13.8 Å². The van der Waals surface area contributed by atoms with E-state index in [-0.39, 0.29) is 12.0 Å². The molecule has 2 N–H and O–H groups in total. The number of nitrogens with one attached hydrogen (secondary N) is 2. The van der Waals surface area contributed by atoms with Crippen LogP contribution in [-0.4, -0.2) is 60.6 Å². The molecule has 1 aromatic rings. The van der Waals surface area contributed by atoms with E-state index in [1.807, 2.05) is 20.8 Å². The lowest BCUT2D eigenvalue weighted by atomic mass is 10.3. The molecule has 0 spiro atoms. The van der Waals surface area contributed by atoms with Crippen LogP contribution in [0, 0.1) is 6.92 Å². The molecule has 0 amide bonds. The first-order chi connectivity index (χ1) is 12.9. The Morgan fingerprint density at radius 2 is 1.93 bits per heavy atom. The van der Waals surface area contributed by atoms with Gasteiger partial charge in [0.2, 0.25) is 0 Å². The lowest BCUT2D eigenvalue weighted by Gasteiger charge is -2.25. The summed E-state index contributed by atoms with van der Waals surface area (Å²) in [4.78, 5) is 24.2. The summed E-state index contributed by atoms with van der Waals surface area (Å²) < 4.78 is 5.10. The van der Waals surface area contributed by atoms with Gasteiger partial charge in [0.25, 0.3) is 0 Å².